The molecule has 0 aromatic carbocycles. The van der Waals surface area contributed by atoms with Crippen LogP contribution < -0.4 is 0 Å². The molecular weight excluding hydrogens is 398 g/mol. The number of pyridine rings is 1. The quantitative estimate of drug-likeness (QED) is 0.522. The van der Waals surface area contributed by atoms with Crippen LogP contribution in [0, 0.1) is 34.5 Å². The van der Waals surface area contributed by atoms with E-state index in [4.69, 9.17) is 0 Å². The van der Waals surface area contributed by atoms with E-state index < -0.39 is 5.97 Å². The van der Waals surface area contributed by atoms with Gasteiger partial charge in [0.2, 0.25) is 0 Å². The van der Waals surface area contributed by atoms with Gasteiger partial charge in [-0.2, -0.15) is 0 Å². The molecule has 2 saturated carbocycles. The zero-order valence-electron chi connectivity index (χ0n) is 21.1. The maximum atomic E-state index is 11.5. The molecule has 32 heavy (non-hydrogen) atoms. The third-order valence-electron chi connectivity index (χ3n) is 8.69. The van der Waals surface area contributed by atoms with Crippen molar-refractivity contribution in [2.24, 2.45) is 34.5 Å². The Morgan fingerprint density at radius 3 is 2.44 bits per heavy atom. The molecule has 0 saturated heterocycles. The normalized spacial score (nSPS) is 35.2. The third-order valence-corrected chi connectivity index (χ3v) is 8.69. The molecule has 0 aliphatic heterocycles. The molecule has 3 aliphatic carbocycles. The average Bonchev–Trinajstić information content (AvgIpc) is 3.16. The molecule has 0 bridgehead atoms. The van der Waals surface area contributed by atoms with Gasteiger partial charge in [0.25, 0.3) is 0 Å². The predicted octanol–water partition coefficient (Wildman–Crippen LogP) is 6.84. The zero-order chi connectivity index (χ0) is 23.9. The second-order valence-electron chi connectivity index (χ2n) is 9.78. The Morgan fingerprint density at radius 1 is 1.12 bits per heavy atom. The lowest BCUT2D eigenvalue weighted by Crippen LogP contribution is -2.52. The van der Waals surface area contributed by atoms with Gasteiger partial charge in [-0.3, -0.25) is 9.78 Å². The number of aliphatic hydroxyl groups is 1. The Labute approximate surface area is 195 Å². The molecule has 0 amide bonds. The number of aromatic nitrogens is 1. The number of carbonyl (C=O) groups is 1. The molecule has 4 rings (SSSR count). The summed E-state index contributed by atoms with van der Waals surface area (Å²) in [4.78, 5) is 15.8. The lowest BCUT2D eigenvalue weighted by Gasteiger charge is -2.58. The number of allylic oxidation sites excluding steroid dienone is 2. The summed E-state index contributed by atoms with van der Waals surface area (Å²) >= 11 is 0. The Balaban J connectivity index is 0.000000860. The van der Waals surface area contributed by atoms with E-state index in [0.29, 0.717) is 17.8 Å². The molecular formula is C28H45NO3. The summed E-state index contributed by atoms with van der Waals surface area (Å²) in [6.45, 7) is 12.9. The van der Waals surface area contributed by atoms with Gasteiger partial charge in [-0.05, 0) is 90.2 Å². The van der Waals surface area contributed by atoms with Gasteiger partial charge in [-0.25, -0.2) is 0 Å². The highest BCUT2D eigenvalue weighted by Gasteiger charge is 2.57. The number of nitrogens with zero attached hydrogens (tertiary/aromatic N) is 1. The molecule has 0 radical (unpaired) electrons. The Morgan fingerprint density at radius 2 is 1.84 bits per heavy atom. The van der Waals surface area contributed by atoms with Crippen LogP contribution in [0.1, 0.15) is 92.1 Å². The van der Waals surface area contributed by atoms with Gasteiger partial charge >= 0.3 is 5.97 Å². The average molecular weight is 444 g/mol. The van der Waals surface area contributed by atoms with Crippen LogP contribution in [0.5, 0.6) is 0 Å². The number of carboxylic acids is 1. The van der Waals surface area contributed by atoms with Crippen LogP contribution in [0.25, 0.3) is 5.57 Å². The molecule has 4 nitrogen and oxygen atoms in total. The molecule has 0 spiro atoms. The van der Waals surface area contributed by atoms with Crippen LogP contribution in [0.2, 0.25) is 0 Å². The maximum Gasteiger partial charge on any atom is 0.303 e. The van der Waals surface area contributed by atoms with Gasteiger partial charge in [-0.1, -0.05) is 53.7 Å². The van der Waals surface area contributed by atoms with E-state index in [9.17, 15) is 15.0 Å². The van der Waals surface area contributed by atoms with Crippen LogP contribution in [-0.4, -0.2) is 27.8 Å². The molecule has 2 N–H and O–H groups in total. The summed E-state index contributed by atoms with van der Waals surface area (Å²) in [5.74, 6) is 1.22. The Kier molecular flexibility index (Phi) is 9.51. The molecule has 6 unspecified atom stereocenters. The largest absolute Gasteiger partial charge is 0.481 e. The summed E-state index contributed by atoms with van der Waals surface area (Å²) in [7, 11) is 0. The Bertz CT molecular complexity index is 761. The summed E-state index contributed by atoms with van der Waals surface area (Å²) in [5.41, 5.74) is 2.82. The first-order chi connectivity index (χ1) is 15.4. The Hall–Kier alpha value is -1.68. The number of hydrogen-bond donors (Lipinski definition) is 2. The maximum absolute atomic E-state index is 11.5. The van der Waals surface area contributed by atoms with E-state index in [1.54, 1.807) is 0 Å². The number of aliphatic hydroxyl groups excluding tert-OH is 1. The number of carboxylic acid groups (broad SMARTS) is 1. The van der Waals surface area contributed by atoms with Crippen molar-refractivity contribution >= 4 is 11.5 Å². The fourth-order valence-electron chi connectivity index (χ4n) is 7.25. The number of aliphatic carboxylic acids is 1. The standard InChI is InChI=1S/C24H33NO3.2C2H6/c1-23(11-13-26)17(14-22(27)28)5-6-18-20-8-7-19(16-4-3-12-25-15-16)24(20,2)10-9-21(18)23;2*1-2/h3-4,7,12,15,17-18,20-21,26H,5-6,8-11,13-14H2,1-2H3,(H,27,28);2*1-2H3. The first-order valence-corrected chi connectivity index (χ1v) is 12.8. The second-order valence-corrected chi connectivity index (χ2v) is 9.78. The fraction of sp³-hybridized carbons (Fsp3) is 0.714. The molecule has 2 fully saturated rings. The molecule has 1 aromatic heterocycles. The molecule has 1 heterocycles. The lowest BCUT2D eigenvalue weighted by molar-refractivity contribution is -0.144. The highest BCUT2D eigenvalue weighted by Crippen LogP contribution is 2.66. The van der Waals surface area contributed by atoms with Gasteiger partial charge in [0, 0.05) is 25.4 Å². The highest BCUT2D eigenvalue weighted by atomic mass is 16.4. The molecule has 4 heteroatoms. The van der Waals surface area contributed by atoms with Crippen LogP contribution in [0.15, 0.2) is 30.6 Å². The fourth-order valence-corrected chi connectivity index (χ4v) is 7.25. The first kappa shape index (κ1) is 26.6. The minimum atomic E-state index is -0.699. The smallest absolute Gasteiger partial charge is 0.303 e. The van der Waals surface area contributed by atoms with Crippen molar-refractivity contribution in [1.82, 2.24) is 4.98 Å². The van der Waals surface area contributed by atoms with Crippen molar-refractivity contribution in [3.05, 3.63) is 36.2 Å². The van der Waals surface area contributed by atoms with Crippen LogP contribution in [-0.2, 0) is 4.79 Å². The highest BCUT2D eigenvalue weighted by molar-refractivity contribution is 5.72. The number of rotatable bonds is 5. The molecule has 6 atom stereocenters. The van der Waals surface area contributed by atoms with Crippen molar-refractivity contribution in [1.29, 1.82) is 0 Å². The monoisotopic (exact) mass is 443 g/mol. The van der Waals surface area contributed by atoms with E-state index in [0.717, 1.165) is 38.5 Å². The summed E-state index contributed by atoms with van der Waals surface area (Å²) in [6, 6.07) is 4.20. The number of hydrogen-bond acceptors (Lipinski definition) is 3. The van der Waals surface area contributed by atoms with E-state index in [1.807, 2.05) is 46.2 Å². The number of fused-ring (bicyclic) bond motifs is 3. The van der Waals surface area contributed by atoms with Crippen molar-refractivity contribution < 1.29 is 15.0 Å². The van der Waals surface area contributed by atoms with E-state index in [2.05, 4.69) is 31.0 Å². The molecule has 180 valence electrons. The van der Waals surface area contributed by atoms with Crippen molar-refractivity contribution in [3.63, 3.8) is 0 Å². The summed E-state index contributed by atoms with van der Waals surface area (Å²) < 4.78 is 0. The zero-order valence-corrected chi connectivity index (χ0v) is 21.1. The SMILES string of the molecule is CC.CC.CC12CCC3C(CCC(CC(=O)O)C3(C)CCO)C1CC=C2c1cccnc1. The molecule has 3 aliphatic rings. The second kappa shape index (κ2) is 11.4. The summed E-state index contributed by atoms with van der Waals surface area (Å²) in [6.07, 6.45) is 12.7. The minimum absolute atomic E-state index is 0.0750. The van der Waals surface area contributed by atoms with Gasteiger partial charge < -0.3 is 10.2 Å². The van der Waals surface area contributed by atoms with Gasteiger partial charge in [0.1, 0.15) is 0 Å². The lowest BCUT2D eigenvalue weighted by atomic mass is 9.46. The molecule has 1 aromatic rings. The van der Waals surface area contributed by atoms with Gasteiger partial charge in [-0.15, -0.1) is 0 Å². The van der Waals surface area contributed by atoms with Gasteiger partial charge in [0.15, 0.2) is 0 Å². The van der Waals surface area contributed by atoms with Gasteiger partial charge in [0.05, 0.1) is 0 Å². The van der Waals surface area contributed by atoms with E-state index in [1.165, 1.54) is 11.1 Å². The topological polar surface area (TPSA) is 70.4 Å². The van der Waals surface area contributed by atoms with Crippen LogP contribution in [0.4, 0.5) is 0 Å². The third kappa shape index (κ3) is 4.81. The van der Waals surface area contributed by atoms with Crippen LogP contribution >= 0.6 is 0 Å². The minimum Gasteiger partial charge on any atom is -0.481 e. The predicted molar refractivity (Wildman–Crippen MR) is 132 cm³/mol. The summed E-state index contributed by atoms with van der Waals surface area (Å²) in [5, 5.41) is 19.2. The van der Waals surface area contributed by atoms with Crippen LogP contribution in [0.3, 0.4) is 0 Å². The van der Waals surface area contributed by atoms with E-state index in [-0.39, 0.29) is 29.8 Å². The van der Waals surface area contributed by atoms with Crippen molar-refractivity contribution in [2.45, 2.75) is 86.5 Å². The van der Waals surface area contributed by atoms with Crippen molar-refractivity contribution in [2.75, 3.05) is 6.61 Å². The first-order valence-electron chi connectivity index (χ1n) is 12.8. The van der Waals surface area contributed by atoms with E-state index >= 15 is 0 Å². The van der Waals surface area contributed by atoms with Crippen molar-refractivity contribution in [3.8, 4) is 0 Å².